The molecule has 0 aliphatic carbocycles. The Hall–Kier alpha value is -3.91. The van der Waals surface area contributed by atoms with Gasteiger partial charge in [0.2, 0.25) is 0 Å². The van der Waals surface area contributed by atoms with Crippen molar-refractivity contribution in [3.8, 4) is 11.5 Å². The Morgan fingerprint density at radius 3 is 2.17 bits per heavy atom. The van der Waals surface area contributed by atoms with Gasteiger partial charge in [-0.1, -0.05) is 56.3 Å². The fraction of sp³-hybridized carbons (Fsp3) is 0.250. The van der Waals surface area contributed by atoms with Crippen LogP contribution in [0.1, 0.15) is 47.7 Å². The Balaban J connectivity index is 1.35. The Morgan fingerprint density at radius 1 is 0.861 bits per heavy atom. The lowest BCUT2D eigenvalue weighted by Gasteiger charge is -2.12. The molecule has 0 spiro atoms. The van der Waals surface area contributed by atoms with Crippen LogP contribution >= 0.6 is 12.2 Å². The summed E-state index contributed by atoms with van der Waals surface area (Å²) in [5, 5.41) is 2.48. The first kappa shape index (κ1) is 26.7. The van der Waals surface area contributed by atoms with Crippen LogP contribution < -0.4 is 25.6 Å². The topological polar surface area (TPSA) is 88.7 Å². The summed E-state index contributed by atoms with van der Waals surface area (Å²) in [7, 11) is 0. The lowest BCUT2D eigenvalue weighted by atomic mass is 9.99. The van der Waals surface area contributed by atoms with Gasteiger partial charge in [0.25, 0.3) is 11.8 Å². The van der Waals surface area contributed by atoms with Crippen molar-refractivity contribution in [3.05, 3.63) is 95.6 Å². The average molecular weight is 506 g/mol. The molecule has 1 atom stereocenters. The number of nitrogens with one attached hydrogen (secondary N) is 3. The largest absolute Gasteiger partial charge is 0.493 e. The SMILES string of the molecule is CCC(C)c1ccc(OCC(=O)NNC(=S)NC(=O)c2ccc(OCCc3ccccc3)cc2)cc1. The van der Waals surface area contributed by atoms with Crippen LogP contribution in [0.15, 0.2) is 78.9 Å². The first-order valence-electron chi connectivity index (χ1n) is 11.8. The van der Waals surface area contributed by atoms with Crippen molar-refractivity contribution in [2.75, 3.05) is 13.2 Å². The molecule has 0 aliphatic heterocycles. The number of ether oxygens (including phenoxy) is 2. The maximum absolute atomic E-state index is 12.4. The van der Waals surface area contributed by atoms with Crippen LogP contribution in [0.25, 0.3) is 0 Å². The molecule has 7 nitrogen and oxygen atoms in total. The average Bonchev–Trinajstić information content (AvgIpc) is 2.91. The van der Waals surface area contributed by atoms with E-state index >= 15 is 0 Å². The third-order valence-corrected chi connectivity index (χ3v) is 5.80. The van der Waals surface area contributed by atoms with Gasteiger partial charge in [0.05, 0.1) is 6.61 Å². The molecule has 188 valence electrons. The highest BCUT2D eigenvalue weighted by Gasteiger charge is 2.10. The van der Waals surface area contributed by atoms with Crippen molar-refractivity contribution in [2.24, 2.45) is 0 Å². The summed E-state index contributed by atoms with van der Waals surface area (Å²) >= 11 is 5.08. The molecule has 36 heavy (non-hydrogen) atoms. The van der Waals surface area contributed by atoms with Crippen molar-refractivity contribution in [1.29, 1.82) is 0 Å². The number of carbonyl (C=O) groups excluding carboxylic acids is 2. The standard InChI is InChI=1S/C28H31N3O4S/c1-3-20(2)22-9-13-25(14-10-22)35-19-26(32)30-31-28(36)29-27(33)23-11-15-24(16-12-23)34-18-17-21-7-5-4-6-8-21/h4-16,20H,3,17-19H2,1-2H3,(H,30,32)(H2,29,31,33,36). The van der Waals surface area contributed by atoms with Gasteiger partial charge in [-0.2, -0.15) is 0 Å². The van der Waals surface area contributed by atoms with Crippen molar-refractivity contribution in [1.82, 2.24) is 16.2 Å². The summed E-state index contributed by atoms with van der Waals surface area (Å²) in [6, 6.07) is 24.5. The minimum Gasteiger partial charge on any atom is -0.493 e. The van der Waals surface area contributed by atoms with Crippen LogP contribution in [0.4, 0.5) is 0 Å². The Bertz CT molecular complexity index is 1140. The highest BCUT2D eigenvalue weighted by molar-refractivity contribution is 7.80. The van der Waals surface area contributed by atoms with E-state index in [-0.39, 0.29) is 11.7 Å². The maximum atomic E-state index is 12.4. The zero-order valence-corrected chi connectivity index (χ0v) is 21.3. The second kappa shape index (κ2) is 13.8. The van der Waals surface area contributed by atoms with E-state index in [0.29, 0.717) is 29.6 Å². The fourth-order valence-corrected chi connectivity index (χ4v) is 3.42. The predicted molar refractivity (Wildman–Crippen MR) is 144 cm³/mol. The second-order valence-electron chi connectivity index (χ2n) is 8.23. The van der Waals surface area contributed by atoms with Crippen molar-refractivity contribution in [2.45, 2.75) is 32.6 Å². The third kappa shape index (κ3) is 8.70. The summed E-state index contributed by atoms with van der Waals surface area (Å²) in [4.78, 5) is 24.4. The van der Waals surface area contributed by atoms with E-state index in [1.165, 1.54) is 11.1 Å². The zero-order chi connectivity index (χ0) is 25.8. The van der Waals surface area contributed by atoms with E-state index in [2.05, 4.69) is 42.1 Å². The Morgan fingerprint density at radius 2 is 1.50 bits per heavy atom. The van der Waals surface area contributed by atoms with Crippen LogP contribution in [0, 0.1) is 0 Å². The summed E-state index contributed by atoms with van der Waals surface area (Å²) in [5.41, 5.74) is 7.74. The van der Waals surface area contributed by atoms with Gasteiger partial charge in [0.15, 0.2) is 11.7 Å². The summed E-state index contributed by atoms with van der Waals surface area (Å²) in [5.74, 6) is 0.898. The molecule has 2 amide bonds. The quantitative estimate of drug-likeness (QED) is 0.277. The third-order valence-electron chi connectivity index (χ3n) is 5.59. The van der Waals surface area contributed by atoms with Gasteiger partial charge in [-0.25, -0.2) is 0 Å². The zero-order valence-electron chi connectivity index (χ0n) is 20.5. The maximum Gasteiger partial charge on any atom is 0.276 e. The van der Waals surface area contributed by atoms with E-state index in [1.807, 2.05) is 42.5 Å². The molecule has 0 saturated carbocycles. The Kier molecular flexibility index (Phi) is 10.3. The van der Waals surface area contributed by atoms with E-state index in [0.717, 1.165) is 12.8 Å². The lowest BCUT2D eigenvalue weighted by molar-refractivity contribution is -0.123. The molecule has 0 aliphatic rings. The van der Waals surface area contributed by atoms with Gasteiger partial charge in [-0.15, -0.1) is 0 Å². The number of hydrogen-bond acceptors (Lipinski definition) is 5. The molecular formula is C28H31N3O4S. The molecule has 0 bridgehead atoms. The molecule has 0 aromatic heterocycles. The van der Waals surface area contributed by atoms with Gasteiger partial charge >= 0.3 is 0 Å². The molecule has 3 aromatic rings. The van der Waals surface area contributed by atoms with Gasteiger partial charge in [-0.3, -0.25) is 25.8 Å². The number of hydrogen-bond donors (Lipinski definition) is 3. The molecule has 1 unspecified atom stereocenters. The highest BCUT2D eigenvalue weighted by Crippen LogP contribution is 2.21. The molecule has 0 radical (unpaired) electrons. The summed E-state index contributed by atoms with van der Waals surface area (Å²) in [6.45, 7) is 4.64. The number of hydrazine groups is 1. The molecule has 3 aromatic carbocycles. The molecule has 0 fully saturated rings. The molecule has 8 heteroatoms. The molecule has 0 saturated heterocycles. The van der Waals surface area contributed by atoms with Crippen molar-refractivity contribution >= 4 is 29.1 Å². The molecule has 3 N–H and O–H groups in total. The first-order valence-corrected chi connectivity index (χ1v) is 12.2. The van der Waals surface area contributed by atoms with Gasteiger partial charge < -0.3 is 9.47 Å². The lowest BCUT2D eigenvalue weighted by Crippen LogP contribution is -2.49. The monoisotopic (exact) mass is 505 g/mol. The number of thiocarbonyl (C=S) groups is 1. The van der Waals surface area contributed by atoms with Gasteiger partial charge in [0.1, 0.15) is 11.5 Å². The van der Waals surface area contributed by atoms with Gasteiger partial charge in [0, 0.05) is 12.0 Å². The second-order valence-corrected chi connectivity index (χ2v) is 8.64. The number of carbonyl (C=O) groups is 2. The Labute approximate surface area is 217 Å². The molecule has 0 heterocycles. The van der Waals surface area contributed by atoms with Crippen LogP contribution in [-0.2, 0) is 11.2 Å². The summed E-state index contributed by atoms with van der Waals surface area (Å²) < 4.78 is 11.2. The van der Waals surface area contributed by atoms with Crippen LogP contribution in [-0.4, -0.2) is 30.1 Å². The van der Waals surface area contributed by atoms with Crippen LogP contribution in [0.2, 0.25) is 0 Å². The number of amides is 2. The summed E-state index contributed by atoms with van der Waals surface area (Å²) in [6.07, 6.45) is 1.85. The van der Waals surface area contributed by atoms with Crippen LogP contribution in [0.5, 0.6) is 11.5 Å². The number of benzene rings is 3. The van der Waals surface area contributed by atoms with E-state index in [4.69, 9.17) is 21.7 Å². The minimum absolute atomic E-state index is 0.0329. The van der Waals surface area contributed by atoms with E-state index < -0.39 is 11.8 Å². The smallest absolute Gasteiger partial charge is 0.276 e. The first-order chi connectivity index (χ1) is 17.4. The fourth-order valence-electron chi connectivity index (χ4n) is 3.28. The minimum atomic E-state index is -0.436. The normalized spacial score (nSPS) is 11.2. The number of rotatable bonds is 10. The molecule has 3 rings (SSSR count). The van der Waals surface area contributed by atoms with Crippen molar-refractivity contribution in [3.63, 3.8) is 0 Å². The predicted octanol–water partition coefficient (Wildman–Crippen LogP) is 4.54. The van der Waals surface area contributed by atoms with E-state index in [9.17, 15) is 9.59 Å². The van der Waals surface area contributed by atoms with E-state index in [1.54, 1.807) is 24.3 Å². The van der Waals surface area contributed by atoms with Gasteiger partial charge in [-0.05, 0) is 72.1 Å². The highest BCUT2D eigenvalue weighted by atomic mass is 32.1. The molecular weight excluding hydrogens is 474 g/mol. The van der Waals surface area contributed by atoms with Crippen LogP contribution in [0.3, 0.4) is 0 Å². The van der Waals surface area contributed by atoms with Crippen molar-refractivity contribution < 1.29 is 19.1 Å².